The molecule has 1 unspecified atom stereocenters. The number of hydrogen-bond acceptors (Lipinski definition) is 2. The Morgan fingerprint density at radius 2 is 1.93 bits per heavy atom. The highest BCUT2D eigenvalue weighted by molar-refractivity contribution is 7.99. The van der Waals surface area contributed by atoms with Crippen LogP contribution >= 0.6 is 24.4 Å². The van der Waals surface area contributed by atoms with Crippen LogP contribution in [0.5, 0.6) is 0 Å². The van der Waals surface area contributed by atoms with Crippen molar-refractivity contribution in [2.24, 2.45) is 11.3 Å². The molecule has 0 aromatic carbocycles. The molecule has 1 fully saturated rings. The molecule has 0 saturated heterocycles. The van der Waals surface area contributed by atoms with Gasteiger partial charge >= 0.3 is 0 Å². The summed E-state index contributed by atoms with van der Waals surface area (Å²) in [6.07, 6.45) is 8.48. The molecule has 0 bridgehead atoms. The molecular weight excluding hydrogens is 220 g/mol. The maximum atomic E-state index is 4.58. The van der Waals surface area contributed by atoms with Gasteiger partial charge in [-0.15, -0.1) is 0 Å². The van der Waals surface area contributed by atoms with Gasteiger partial charge in [0.1, 0.15) is 0 Å². The fraction of sp³-hybridized carbons (Fsp3) is 1.00. The molecule has 0 amide bonds. The Balaban J connectivity index is 2.26. The summed E-state index contributed by atoms with van der Waals surface area (Å²) in [7, 11) is 0. The predicted octanol–water partition coefficient (Wildman–Crippen LogP) is 4.65. The van der Waals surface area contributed by atoms with E-state index >= 15 is 0 Å². The summed E-state index contributed by atoms with van der Waals surface area (Å²) in [6.45, 7) is 4.65. The van der Waals surface area contributed by atoms with Crippen molar-refractivity contribution in [3.05, 3.63) is 0 Å². The van der Waals surface area contributed by atoms with E-state index in [2.05, 4.69) is 38.2 Å². The second-order valence-electron chi connectivity index (χ2n) is 5.25. The van der Waals surface area contributed by atoms with Crippen LogP contribution in [0.25, 0.3) is 0 Å². The topological polar surface area (TPSA) is 0 Å². The Kier molecular flexibility index (Phi) is 6.52. The smallest absolute Gasteiger partial charge is 0.000289 e. The van der Waals surface area contributed by atoms with Crippen LogP contribution in [0, 0.1) is 11.3 Å². The van der Waals surface area contributed by atoms with E-state index in [1.54, 1.807) is 0 Å². The van der Waals surface area contributed by atoms with Crippen LogP contribution < -0.4 is 0 Å². The van der Waals surface area contributed by atoms with E-state index in [0.717, 1.165) is 11.7 Å². The van der Waals surface area contributed by atoms with Gasteiger partial charge in [-0.05, 0) is 41.4 Å². The summed E-state index contributed by atoms with van der Waals surface area (Å²) in [4.78, 5) is 0. The first-order chi connectivity index (χ1) is 7.22. The highest BCUT2D eigenvalue weighted by Crippen LogP contribution is 2.40. The molecular formula is C13H26S2. The van der Waals surface area contributed by atoms with Crippen LogP contribution in [0.2, 0.25) is 0 Å². The maximum absolute atomic E-state index is 4.58. The molecule has 0 spiro atoms. The molecule has 0 aromatic rings. The van der Waals surface area contributed by atoms with Crippen LogP contribution in [-0.4, -0.2) is 17.3 Å². The Morgan fingerprint density at radius 3 is 2.47 bits per heavy atom. The Labute approximate surface area is 105 Å². The lowest BCUT2D eigenvalue weighted by atomic mass is 9.77. The van der Waals surface area contributed by atoms with Gasteiger partial charge in [-0.25, -0.2) is 0 Å². The molecule has 0 N–H and O–H groups in total. The second-order valence-corrected chi connectivity index (χ2v) is 6.59. The van der Waals surface area contributed by atoms with Gasteiger partial charge < -0.3 is 0 Å². The second kappa shape index (κ2) is 7.11. The molecule has 1 aliphatic rings. The molecule has 1 atom stereocenters. The minimum Gasteiger partial charge on any atom is -0.179 e. The zero-order valence-electron chi connectivity index (χ0n) is 10.3. The standard InChI is InChI=1S/C13H26S2/c1-3-12(2)9-15-11-13(10-14)7-5-4-6-8-13/h12,14H,3-11H2,1-2H3. The van der Waals surface area contributed by atoms with Crippen molar-refractivity contribution in [2.45, 2.75) is 52.4 Å². The van der Waals surface area contributed by atoms with Crippen LogP contribution in [0.15, 0.2) is 0 Å². The average Bonchev–Trinajstić information content (AvgIpc) is 2.30. The SMILES string of the molecule is CCC(C)CSCC1(CS)CCCCC1. The molecule has 0 heterocycles. The number of thiol groups is 1. The van der Waals surface area contributed by atoms with E-state index in [1.165, 1.54) is 50.0 Å². The summed E-state index contributed by atoms with van der Waals surface area (Å²) in [5.74, 6) is 4.67. The van der Waals surface area contributed by atoms with Crippen molar-refractivity contribution in [3.63, 3.8) is 0 Å². The molecule has 0 radical (unpaired) electrons. The van der Waals surface area contributed by atoms with Crippen molar-refractivity contribution in [1.82, 2.24) is 0 Å². The predicted molar refractivity (Wildman–Crippen MR) is 76.2 cm³/mol. The van der Waals surface area contributed by atoms with Crippen LogP contribution in [0.1, 0.15) is 52.4 Å². The van der Waals surface area contributed by atoms with E-state index in [9.17, 15) is 0 Å². The van der Waals surface area contributed by atoms with Crippen molar-refractivity contribution in [3.8, 4) is 0 Å². The largest absolute Gasteiger partial charge is 0.179 e. The van der Waals surface area contributed by atoms with E-state index in [-0.39, 0.29) is 0 Å². The first-order valence-corrected chi connectivity index (χ1v) is 8.20. The minimum atomic E-state index is 0.583. The first kappa shape index (κ1) is 13.8. The highest BCUT2D eigenvalue weighted by atomic mass is 32.2. The zero-order valence-corrected chi connectivity index (χ0v) is 12.0. The van der Waals surface area contributed by atoms with Gasteiger partial charge in [-0.3, -0.25) is 0 Å². The first-order valence-electron chi connectivity index (χ1n) is 6.41. The van der Waals surface area contributed by atoms with Gasteiger partial charge in [0.15, 0.2) is 0 Å². The molecule has 0 aromatic heterocycles. The van der Waals surface area contributed by atoms with Gasteiger partial charge in [0.25, 0.3) is 0 Å². The maximum Gasteiger partial charge on any atom is -0.000289 e. The summed E-state index contributed by atoms with van der Waals surface area (Å²) in [5, 5.41) is 0. The van der Waals surface area contributed by atoms with Crippen molar-refractivity contribution in [1.29, 1.82) is 0 Å². The third kappa shape index (κ3) is 4.60. The molecule has 1 aliphatic carbocycles. The Morgan fingerprint density at radius 1 is 1.27 bits per heavy atom. The fourth-order valence-corrected chi connectivity index (χ4v) is 4.40. The van der Waals surface area contributed by atoms with Crippen molar-refractivity contribution < 1.29 is 0 Å². The normalized spacial score (nSPS) is 22.6. The fourth-order valence-electron chi connectivity index (χ4n) is 2.24. The van der Waals surface area contributed by atoms with E-state index < -0.39 is 0 Å². The van der Waals surface area contributed by atoms with Crippen molar-refractivity contribution >= 4 is 24.4 Å². The molecule has 0 nitrogen and oxygen atoms in total. The van der Waals surface area contributed by atoms with E-state index in [0.29, 0.717) is 5.41 Å². The van der Waals surface area contributed by atoms with Crippen LogP contribution in [-0.2, 0) is 0 Å². The highest BCUT2D eigenvalue weighted by Gasteiger charge is 2.30. The Hall–Kier alpha value is 0.700. The van der Waals surface area contributed by atoms with Crippen LogP contribution in [0.3, 0.4) is 0 Å². The van der Waals surface area contributed by atoms with Gasteiger partial charge in [0, 0.05) is 0 Å². The van der Waals surface area contributed by atoms with Crippen molar-refractivity contribution in [2.75, 3.05) is 17.3 Å². The van der Waals surface area contributed by atoms with Gasteiger partial charge in [-0.1, -0.05) is 39.5 Å². The molecule has 2 heteroatoms. The summed E-state index contributed by atoms with van der Waals surface area (Å²) in [6, 6.07) is 0. The molecule has 90 valence electrons. The number of hydrogen-bond donors (Lipinski definition) is 1. The Bertz CT molecular complexity index is 162. The minimum absolute atomic E-state index is 0.583. The summed E-state index contributed by atoms with van der Waals surface area (Å²) < 4.78 is 0. The molecule has 0 aliphatic heterocycles. The summed E-state index contributed by atoms with van der Waals surface area (Å²) in [5.41, 5.74) is 0.583. The van der Waals surface area contributed by atoms with Gasteiger partial charge in [0.05, 0.1) is 0 Å². The number of rotatable bonds is 6. The average molecular weight is 246 g/mol. The quantitative estimate of drug-likeness (QED) is 0.666. The third-order valence-corrected chi connectivity index (χ3v) is 6.05. The lowest BCUT2D eigenvalue weighted by molar-refractivity contribution is 0.258. The van der Waals surface area contributed by atoms with E-state index in [1.807, 2.05) is 0 Å². The van der Waals surface area contributed by atoms with E-state index in [4.69, 9.17) is 0 Å². The monoisotopic (exact) mass is 246 g/mol. The molecule has 1 rings (SSSR count). The van der Waals surface area contributed by atoms with Crippen LogP contribution in [0.4, 0.5) is 0 Å². The summed E-state index contributed by atoms with van der Waals surface area (Å²) >= 11 is 6.75. The van der Waals surface area contributed by atoms with Gasteiger partial charge in [0.2, 0.25) is 0 Å². The molecule has 15 heavy (non-hydrogen) atoms. The third-order valence-electron chi connectivity index (χ3n) is 3.76. The lowest BCUT2D eigenvalue weighted by Crippen LogP contribution is -2.29. The number of thioether (sulfide) groups is 1. The zero-order chi connectivity index (χ0) is 11.1. The molecule has 1 saturated carbocycles. The lowest BCUT2D eigenvalue weighted by Gasteiger charge is -2.36. The van der Waals surface area contributed by atoms with Gasteiger partial charge in [-0.2, -0.15) is 24.4 Å².